The molecule has 0 spiro atoms. The number of amides is 1. The van der Waals surface area contributed by atoms with Crippen LogP contribution in [0, 0.1) is 17.8 Å². The minimum atomic E-state index is -0.0131. The summed E-state index contributed by atoms with van der Waals surface area (Å²) in [6.07, 6.45) is 3.47. The molecular formula is C15H21ClN2O2. The van der Waals surface area contributed by atoms with Crippen LogP contribution in [0.4, 0.5) is 5.69 Å². The Morgan fingerprint density at radius 3 is 2.45 bits per heavy atom. The summed E-state index contributed by atoms with van der Waals surface area (Å²) in [4.78, 5) is 12.3. The van der Waals surface area contributed by atoms with Crippen LogP contribution in [-0.4, -0.2) is 19.1 Å². The maximum Gasteiger partial charge on any atom is 0.229 e. The lowest BCUT2D eigenvalue weighted by atomic mass is 9.84. The second-order valence-electron chi connectivity index (χ2n) is 5.65. The second-order valence-corrected chi connectivity index (χ2v) is 5.65. The van der Waals surface area contributed by atoms with Gasteiger partial charge in [-0.1, -0.05) is 0 Å². The van der Waals surface area contributed by atoms with Crippen molar-refractivity contribution in [2.75, 3.05) is 12.4 Å². The van der Waals surface area contributed by atoms with E-state index in [4.69, 9.17) is 10.5 Å². The first-order chi connectivity index (χ1) is 9.19. The Morgan fingerprint density at radius 2 is 1.90 bits per heavy atom. The van der Waals surface area contributed by atoms with Crippen LogP contribution in [0.2, 0.25) is 0 Å². The predicted molar refractivity (Wildman–Crippen MR) is 81.2 cm³/mol. The van der Waals surface area contributed by atoms with Crippen molar-refractivity contribution in [3.8, 4) is 5.75 Å². The van der Waals surface area contributed by atoms with Crippen LogP contribution in [0.15, 0.2) is 24.3 Å². The first-order valence-electron chi connectivity index (χ1n) is 6.89. The summed E-state index contributed by atoms with van der Waals surface area (Å²) in [5.41, 5.74) is 6.99. The zero-order valence-electron chi connectivity index (χ0n) is 11.5. The minimum Gasteiger partial charge on any atom is -0.497 e. The van der Waals surface area contributed by atoms with Crippen molar-refractivity contribution in [1.29, 1.82) is 0 Å². The van der Waals surface area contributed by atoms with Crippen molar-refractivity contribution in [3.05, 3.63) is 24.3 Å². The number of ether oxygens (including phenoxy) is 1. The number of methoxy groups -OCH3 is 1. The summed E-state index contributed by atoms with van der Waals surface area (Å²) in [5, 5.41) is 2.98. The Balaban J connectivity index is 0.00000147. The van der Waals surface area contributed by atoms with Gasteiger partial charge in [0, 0.05) is 11.7 Å². The summed E-state index contributed by atoms with van der Waals surface area (Å²) in [5.74, 6) is 1.88. The van der Waals surface area contributed by atoms with Crippen molar-refractivity contribution in [1.82, 2.24) is 0 Å². The number of hydrogen-bond donors (Lipinski definition) is 2. The maximum atomic E-state index is 12.3. The van der Waals surface area contributed by atoms with Gasteiger partial charge in [-0.3, -0.25) is 4.79 Å². The standard InChI is InChI=1S/C15H20N2O2.ClH/c1-19-12-6-4-11(5-7-12)17-15(18)13-9-2-3-10(8-9)14(13)16;/h4-7,9-10,13-14H,2-3,8,16H2,1H3,(H,17,18);1H. The summed E-state index contributed by atoms with van der Waals surface area (Å²) < 4.78 is 5.10. The predicted octanol–water partition coefficient (Wildman–Crippen LogP) is 2.43. The molecule has 0 saturated heterocycles. The molecule has 2 fully saturated rings. The van der Waals surface area contributed by atoms with E-state index in [9.17, 15) is 4.79 Å². The van der Waals surface area contributed by atoms with Gasteiger partial charge < -0.3 is 15.8 Å². The Kier molecular flexibility index (Phi) is 4.55. The molecule has 5 heteroatoms. The van der Waals surface area contributed by atoms with Crippen molar-refractivity contribution >= 4 is 24.0 Å². The summed E-state index contributed by atoms with van der Waals surface area (Å²) >= 11 is 0. The fraction of sp³-hybridized carbons (Fsp3) is 0.533. The van der Waals surface area contributed by atoms with E-state index in [0.717, 1.165) is 24.3 Å². The highest BCUT2D eigenvalue weighted by molar-refractivity contribution is 5.93. The molecule has 0 aliphatic heterocycles. The minimum absolute atomic E-state index is 0. The third-order valence-electron chi connectivity index (χ3n) is 4.64. The van der Waals surface area contributed by atoms with Crippen LogP contribution < -0.4 is 15.8 Å². The number of hydrogen-bond acceptors (Lipinski definition) is 3. The Morgan fingerprint density at radius 1 is 1.25 bits per heavy atom. The van der Waals surface area contributed by atoms with Crippen LogP contribution in [-0.2, 0) is 4.79 Å². The second kappa shape index (κ2) is 6.02. The van der Waals surface area contributed by atoms with Gasteiger partial charge in [0.2, 0.25) is 5.91 Å². The lowest BCUT2D eigenvalue weighted by Gasteiger charge is -2.27. The van der Waals surface area contributed by atoms with E-state index in [0.29, 0.717) is 11.8 Å². The lowest BCUT2D eigenvalue weighted by molar-refractivity contribution is -0.121. The molecule has 2 aliphatic carbocycles. The lowest BCUT2D eigenvalue weighted by Crippen LogP contribution is -2.42. The van der Waals surface area contributed by atoms with Gasteiger partial charge >= 0.3 is 0 Å². The van der Waals surface area contributed by atoms with Crippen molar-refractivity contribution < 1.29 is 9.53 Å². The van der Waals surface area contributed by atoms with Crippen LogP contribution in [0.5, 0.6) is 5.75 Å². The fourth-order valence-electron chi connectivity index (χ4n) is 3.62. The molecule has 0 aromatic heterocycles. The van der Waals surface area contributed by atoms with E-state index >= 15 is 0 Å². The van der Waals surface area contributed by atoms with E-state index in [-0.39, 0.29) is 30.3 Å². The normalized spacial score (nSPS) is 30.7. The smallest absolute Gasteiger partial charge is 0.229 e. The molecule has 4 atom stereocenters. The van der Waals surface area contributed by atoms with E-state index in [1.165, 1.54) is 6.42 Å². The number of carbonyl (C=O) groups excluding carboxylic acids is 1. The van der Waals surface area contributed by atoms with Crippen molar-refractivity contribution in [2.24, 2.45) is 23.5 Å². The quantitative estimate of drug-likeness (QED) is 0.900. The molecule has 2 aliphatic rings. The molecule has 4 nitrogen and oxygen atoms in total. The number of carbonyl (C=O) groups is 1. The first kappa shape index (κ1) is 15.1. The summed E-state index contributed by atoms with van der Waals surface area (Å²) in [6, 6.07) is 7.44. The zero-order valence-corrected chi connectivity index (χ0v) is 12.4. The summed E-state index contributed by atoms with van der Waals surface area (Å²) in [6.45, 7) is 0. The average molecular weight is 297 g/mol. The topological polar surface area (TPSA) is 64.3 Å². The van der Waals surface area contributed by atoms with Crippen molar-refractivity contribution in [2.45, 2.75) is 25.3 Å². The molecule has 2 saturated carbocycles. The Labute approximate surface area is 125 Å². The van der Waals surface area contributed by atoms with Gasteiger partial charge in [-0.2, -0.15) is 0 Å². The van der Waals surface area contributed by atoms with Gasteiger partial charge in [0.05, 0.1) is 13.0 Å². The number of anilines is 1. The highest BCUT2D eigenvalue weighted by atomic mass is 35.5. The molecule has 3 N–H and O–H groups in total. The van der Waals surface area contributed by atoms with E-state index in [2.05, 4.69) is 5.32 Å². The molecule has 1 aromatic carbocycles. The number of fused-ring (bicyclic) bond motifs is 2. The van der Waals surface area contributed by atoms with Crippen molar-refractivity contribution in [3.63, 3.8) is 0 Å². The number of rotatable bonds is 3. The van der Waals surface area contributed by atoms with Gasteiger partial charge in [-0.25, -0.2) is 0 Å². The highest BCUT2D eigenvalue weighted by Gasteiger charge is 2.49. The zero-order chi connectivity index (χ0) is 13.4. The van der Waals surface area contributed by atoms with Crippen LogP contribution >= 0.6 is 12.4 Å². The number of nitrogens with one attached hydrogen (secondary N) is 1. The van der Waals surface area contributed by atoms with Crippen LogP contribution in [0.3, 0.4) is 0 Å². The van der Waals surface area contributed by atoms with Crippen LogP contribution in [0.1, 0.15) is 19.3 Å². The van der Waals surface area contributed by atoms with E-state index in [1.54, 1.807) is 7.11 Å². The summed E-state index contributed by atoms with van der Waals surface area (Å²) in [7, 11) is 1.63. The SMILES string of the molecule is COc1ccc(NC(=O)C2C3CCC(C3)C2N)cc1.Cl. The highest BCUT2D eigenvalue weighted by Crippen LogP contribution is 2.47. The average Bonchev–Trinajstić information content (AvgIpc) is 3.00. The molecule has 3 rings (SSSR count). The van der Waals surface area contributed by atoms with Gasteiger partial charge in [0.25, 0.3) is 0 Å². The number of halogens is 1. The Bertz CT molecular complexity index is 475. The van der Waals surface area contributed by atoms with E-state index < -0.39 is 0 Å². The van der Waals surface area contributed by atoms with Gasteiger partial charge in [0.15, 0.2) is 0 Å². The maximum absolute atomic E-state index is 12.3. The van der Waals surface area contributed by atoms with Crippen LogP contribution in [0.25, 0.3) is 0 Å². The molecule has 0 radical (unpaired) electrons. The van der Waals surface area contributed by atoms with Gasteiger partial charge in [0.1, 0.15) is 5.75 Å². The molecule has 1 amide bonds. The monoisotopic (exact) mass is 296 g/mol. The Hall–Kier alpha value is -1.26. The molecule has 2 bridgehead atoms. The molecule has 1 aromatic rings. The van der Waals surface area contributed by atoms with E-state index in [1.807, 2.05) is 24.3 Å². The first-order valence-corrected chi connectivity index (χ1v) is 6.89. The third kappa shape index (κ3) is 2.63. The number of nitrogens with two attached hydrogens (primary N) is 1. The van der Waals surface area contributed by atoms with Gasteiger partial charge in [-0.15, -0.1) is 12.4 Å². The molecular weight excluding hydrogens is 276 g/mol. The molecule has 0 heterocycles. The largest absolute Gasteiger partial charge is 0.497 e. The molecule has 110 valence electrons. The third-order valence-corrected chi connectivity index (χ3v) is 4.64. The molecule has 20 heavy (non-hydrogen) atoms. The fourth-order valence-corrected chi connectivity index (χ4v) is 3.62. The molecule has 4 unspecified atom stereocenters. The van der Waals surface area contributed by atoms with Gasteiger partial charge in [-0.05, 0) is 55.4 Å². The number of benzene rings is 1.